The van der Waals surface area contributed by atoms with E-state index in [0.29, 0.717) is 0 Å². The van der Waals surface area contributed by atoms with Gasteiger partial charge in [-0.1, -0.05) is 109 Å². The zero-order valence-corrected chi connectivity index (χ0v) is 20.6. The van der Waals surface area contributed by atoms with E-state index in [2.05, 4.69) is 159 Å². The van der Waals surface area contributed by atoms with Gasteiger partial charge in [0.25, 0.3) is 0 Å². The molecule has 0 saturated carbocycles. The average Bonchev–Trinajstić information content (AvgIpc) is 2.90. The van der Waals surface area contributed by atoms with Crippen LogP contribution >= 0.6 is 0 Å². The number of anilines is 2. The van der Waals surface area contributed by atoms with Crippen LogP contribution in [0.15, 0.2) is 133 Å². The van der Waals surface area contributed by atoms with Crippen LogP contribution in [0.2, 0.25) is 0 Å². The summed E-state index contributed by atoms with van der Waals surface area (Å²) in [5, 5.41) is 0. The van der Waals surface area contributed by atoms with Crippen LogP contribution < -0.4 is 4.90 Å². The molecule has 0 spiro atoms. The van der Waals surface area contributed by atoms with E-state index < -0.39 is 0 Å². The van der Waals surface area contributed by atoms with Gasteiger partial charge in [-0.05, 0) is 78.4 Å². The summed E-state index contributed by atoms with van der Waals surface area (Å²) in [4.78, 5) is 2.43. The standard InChI is InChI=1S/C34H31N/c1-34(2,3)35(30-23-21-27(22-24-30)26-13-6-4-7-14-26)31-18-12-17-29(25-31)33-20-11-10-19-32(33)28-15-8-5-9-16-28/h4-25H,1-3H3. The van der Waals surface area contributed by atoms with Gasteiger partial charge in [0, 0.05) is 16.9 Å². The molecule has 172 valence electrons. The van der Waals surface area contributed by atoms with Crippen LogP contribution in [0.5, 0.6) is 0 Å². The number of hydrogen-bond acceptors (Lipinski definition) is 1. The molecule has 0 aromatic heterocycles. The van der Waals surface area contributed by atoms with Gasteiger partial charge in [-0.25, -0.2) is 0 Å². The predicted octanol–water partition coefficient (Wildman–Crippen LogP) is 9.62. The minimum absolute atomic E-state index is 0.0914. The fourth-order valence-corrected chi connectivity index (χ4v) is 4.77. The first-order valence-corrected chi connectivity index (χ1v) is 12.2. The Labute approximate surface area is 209 Å². The van der Waals surface area contributed by atoms with Gasteiger partial charge >= 0.3 is 0 Å². The first kappa shape index (κ1) is 22.7. The molecule has 1 nitrogen and oxygen atoms in total. The third kappa shape index (κ3) is 4.90. The Kier molecular flexibility index (Phi) is 6.25. The highest BCUT2D eigenvalue weighted by molar-refractivity contribution is 5.85. The Bertz CT molecular complexity index is 1390. The predicted molar refractivity (Wildman–Crippen MR) is 151 cm³/mol. The topological polar surface area (TPSA) is 3.24 Å². The molecule has 0 amide bonds. The van der Waals surface area contributed by atoms with Crippen LogP contribution in [0.4, 0.5) is 11.4 Å². The van der Waals surface area contributed by atoms with Crippen LogP contribution in [0.1, 0.15) is 20.8 Å². The fourth-order valence-electron chi connectivity index (χ4n) is 4.77. The van der Waals surface area contributed by atoms with E-state index >= 15 is 0 Å². The molecule has 0 radical (unpaired) electrons. The summed E-state index contributed by atoms with van der Waals surface area (Å²) in [5.41, 5.74) is 9.69. The van der Waals surface area contributed by atoms with Crippen LogP contribution in [0.3, 0.4) is 0 Å². The van der Waals surface area contributed by atoms with E-state index in [-0.39, 0.29) is 5.54 Å². The zero-order chi connectivity index (χ0) is 24.3. The number of hydrogen-bond donors (Lipinski definition) is 0. The third-order valence-corrected chi connectivity index (χ3v) is 6.33. The Morgan fingerprint density at radius 3 is 1.49 bits per heavy atom. The summed E-state index contributed by atoms with van der Waals surface area (Å²) in [6.07, 6.45) is 0. The summed E-state index contributed by atoms with van der Waals surface area (Å²) < 4.78 is 0. The van der Waals surface area contributed by atoms with Gasteiger partial charge in [-0.15, -0.1) is 0 Å². The molecule has 0 aliphatic rings. The van der Waals surface area contributed by atoms with E-state index in [0.717, 1.165) is 0 Å². The molecule has 0 heterocycles. The molecule has 0 unspecified atom stereocenters. The molecular weight excluding hydrogens is 422 g/mol. The van der Waals surface area contributed by atoms with Gasteiger partial charge in [0.15, 0.2) is 0 Å². The SMILES string of the molecule is CC(C)(C)N(c1ccc(-c2ccccc2)cc1)c1cccc(-c2ccccc2-c2ccccc2)c1. The molecule has 5 aromatic rings. The highest BCUT2D eigenvalue weighted by atomic mass is 15.2. The molecule has 1 heteroatoms. The summed E-state index contributed by atoms with van der Waals surface area (Å²) in [7, 11) is 0. The van der Waals surface area contributed by atoms with Crippen LogP contribution in [0, 0.1) is 0 Å². The van der Waals surface area contributed by atoms with E-state index in [1.165, 1.54) is 44.8 Å². The van der Waals surface area contributed by atoms with Crippen molar-refractivity contribution in [1.29, 1.82) is 0 Å². The largest absolute Gasteiger partial charge is 0.336 e. The van der Waals surface area contributed by atoms with Crippen molar-refractivity contribution in [3.8, 4) is 33.4 Å². The van der Waals surface area contributed by atoms with Gasteiger partial charge in [-0.2, -0.15) is 0 Å². The summed E-state index contributed by atoms with van der Waals surface area (Å²) >= 11 is 0. The van der Waals surface area contributed by atoms with Gasteiger partial charge < -0.3 is 4.90 Å². The van der Waals surface area contributed by atoms with Crippen molar-refractivity contribution in [2.75, 3.05) is 4.90 Å². The van der Waals surface area contributed by atoms with Crippen molar-refractivity contribution < 1.29 is 0 Å². The first-order chi connectivity index (χ1) is 17.0. The minimum atomic E-state index is -0.0914. The smallest absolute Gasteiger partial charge is 0.0422 e. The molecule has 35 heavy (non-hydrogen) atoms. The second kappa shape index (κ2) is 9.64. The molecule has 0 aliphatic carbocycles. The van der Waals surface area contributed by atoms with Gasteiger partial charge in [0.1, 0.15) is 0 Å². The lowest BCUT2D eigenvalue weighted by molar-refractivity contribution is 0.560. The summed E-state index contributed by atoms with van der Waals surface area (Å²) in [5.74, 6) is 0. The molecule has 0 aliphatic heterocycles. The molecule has 5 aromatic carbocycles. The Hall–Kier alpha value is -4.10. The third-order valence-electron chi connectivity index (χ3n) is 6.33. The van der Waals surface area contributed by atoms with Crippen molar-refractivity contribution in [2.24, 2.45) is 0 Å². The monoisotopic (exact) mass is 453 g/mol. The second-order valence-electron chi connectivity index (χ2n) is 9.88. The van der Waals surface area contributed by atoms with Crippen molar-refractivity contribution in [3.05, 3.63) is 133 Å². The molecule has 0 atom stereocenters. The number of rotatable bonds is 5. The summed E-state index contributed by atoms with van der Waals surface area (Å²) in [6.45, 7) is 6.80. The molecule has 0 saturated heterocycles. The van der Waals surface area contributed by atoms with Crippen molar-refractivity contribution >= 4 is 11.4 Å². The van der Waals surface area contributed by atoms with Crippen molar-refractivity contribution in [3.63, 3.8) is 0 Å². The van der Waals surface area contributed by atoms with E-state index in [1.54, 1.807) is 0 Å². The number of benzene rings is 5. The zero-order valence-electron chi connectivity index (χ0n) is 20.6. The second-order valence-corrected chi connectivity index (χ2v) is 9.88. The molecule has 0 N–H and O–H groups in total. The molecule has 0 fully saturated rings. The maximum absolute atomic E-state index is 2.43. The fraction of sp³-hybridized carbons (Fsp3) is 0.118. The molecule has 5 rings (SSSR count). The van der Waals surface area contributed by atoms with Gasteiger partial charge in [0.2, 0.25) is 0 Å². The highest BCUT2D eigenvalue weighted by Gasteiger charge is 2.24. The maximum Gasteiger partial charge on any atom is 0.0422 e. The molecular formula is C34H31N. The number of nitrogens with zero attached hydrogens (tertiary/aromatic N) is 1. The Balaban J connectivity index is 1.55. The lowest BCUT2D eigenvalue weighted by atomic mass is 9.93. The van der Waals surface area contributed by atoms with Crippen LogP contribution in [-0.4, -0.2) is 5.54 Å². The Morgan fingerprint density at radius 2 is 0.886 bits per heavy atom. The highest BCUT2D eigenvalue weighted by Crippen LogP contribution is 2.38. The minimum Gasteiger partial charge on any atom is -0.336 e. The maximum atomic E-state index is 2.43. The van der Waals surface area contributed by atoms with E-state index in [4.69, 9.17) is 0 Å². The van der Waals surface area contributed by atoms with Crippen LogP contribution in [-0.2, 0) is 0 Å². The van der Waals surface area contributed by atoms with Crippen LogP contribution in [0.25, 0.3) is 33.4 Å². The first-order valence-electron chi connectivity index (χ1n) is 12.2. The van der Waals surface area contributed by atoms with E-state index in [1.807, 2.05) is 0 Å². The van der Waals surface area contributed by atoms with Gasteiger partial charge in [-0.3, -0.25) is 0 Å². The quantitative estimate of drug-likeness (QED) is 0.256. The lowest BCUT2D eigenvalue weighted by Crippen LogP contribution is -2.37. The van der Waals surface area contributed by atoms with Gasteiger partial charge in [0.05, 0.1) is 0 Å². The Morgan fingerprint density at radius 1 is 0.400 bits per heavy atom. The van der Waals surface area contributed by atoms with Crippen molar-refractivity contribution in [1.82, 2.24) is 0 Å². The normalized spacial score (nSPS) is 11.3. The van der Waals surface area contributed by atoms with Crippen molar-refractivity contribution in [2.45, 2.75) is 26.3 Å². The lowest BCUT2D eigenvalue weighted by Gasteiger charge is -2.38. The summed E-state index contributed by atoms with van der Waals surface area (Å²) in [6, 6.07) is 47.7. The average molecular weight is 454 g/mol. The molecule has 0 bridgehead atoms. The van der Waals surface area contributed by atoms with E-state index in [9.17, 15) is 0 Å².